The number of amides is 1. The average Bonchev–Trinajstić information content (AvgIpc) is 2.59. The van der Waals surface area contributed by atoms with Crippen molar-refractivity contribution in [3.05, 3.63) is 44.6 Å². The standard InChI is InChI=1S/C20H27N3O4/c1-5-23-18(26)13-7-6-12(10-15(13)21-19(23)27)17(25)22-9-8-14(16(24)11-22)20(2,3)4/h6-7,10,14,16,24H,5,8-9,11H2,1-4H3,(H,21,27). The molecule has 1 amide bonds. The Bertz CT molecular complexity index is 983. The lowest BCUT2D eigenvalue weighted by atomic mass is 9.73. The van der Waals surface area contributed by atoms with Crippen molar-refractivity contribution >= 4 is 16.8 Å². The molecular weight excluding hydrogens is 346 g/mol. The van der Waals surface area contributed by atoms with E-state index in [9.17, 15) is 19.5 Å². The number of nitrogens with zero attached hydrogens (tertiary/aromatic N) is 2. The Morgan fingerprint density at radius 3 is 2.59 bits per heavy atom. The van der Waals surface area contributed by atoms with E-state index >= 15 is 0 Å². The zero-order valence-electron chi connectivity index (χ0n) is 16.3. The van der Waals surface area contributed by atoms with Gasteiger partial charge in [0.1, 0.15) is 0 Å². The lowest BCUT2D eigenvalue weighted by Gasteiger charge is -2.42. The molecule has 2 heterocycles. The van der Waals surface area contributed by atoms with Gasteiger partial charge >= 0.3 is 5.69 Å². The number of hydrogen-bond acceptors (Lipinski definition) is 4. The summed E-state index contributed by atoms with van der Waals surface area (Å²) in [5.41, 5.74) is -0.118. The highest BCUT2D eigenvalue weighted by atomic mass is 16.3. The minimum Gasteiger partial charge on any atom is -0.391 e. The molecule has 1 aliphatic heterocycles. The lowest BCUT2D eigenvalue weighted by Crippen LogP contribution is -2.50. The van der Waals surface area contributed by atoms with Crippen molar-refractivity contribution < 1.29 is 9.90 Å². The Balaban J connectivity index is 1.89. The van der Waals surface area contributed by atoms with Crippen LogP contribution in [-0.2, 0) is 6.54 Å². The van der Waals surface area contributed by atoms with Crippen molar-refractivity contribution in [1.29, 1.82) is 0 Å². The molecule has 2 atom stereocenters. The largest absolute Gasteiger partial charge is 0.391 e. The van der Waals surface area contributed by atoms with E-state index in [1.807, 2.05) is 0 Å². The zero-order chi connectivity index (χ0) is 19.9. The van der Waals surface area contributed by atoms with E-state index in [1.165, 1.54) is 0 Å². The third-order valence-electron chi connectivity index (χ3n) is 5.53. The molecular formula is C20H27N3O4. The van der Waals surface area contributed by atoms with Gasteiger partial charge in [0.25, 0.3) is 11.5 Å². The molecule has 0 aliphatic carbocycles. The SMILES string of the molecule is CCn1c(=O)[nH]c2cc(C(=O)N3CCC(C(C)(C)C)C(O)C3)ccc2c1=O. The molecule has 1 aliphatic rings. The second kappa shape index (κ2) is 6.96. The van der Waals surface area contributed by atoms with E-state index in [-0.39, 0.29) is 35.9 Å². The van der Waals surface area contributed by atoms with Gasteiger partial charge in [-0.25, -0.2) is 4.79 Å². The van der Waals surface area contributed by atoms with Gasteiger partial charge in [0.2, 0.25) is 0 Å². The van der Waals surface area contributed by atoms with Crippen molar-refractivity contribution in [1.82, 2.24) is 14.5 Å². The highest BCUT2D eigenvalue weighted by Crippen LogP contribution is 2.34. The average molecular weight is 373 g/mol. The van der Waals surface area contributed by atoms with Gasteiger partial charge < -0.3 is 15.0 Å². The quantitative estimate of drug-likeness (QED) is 0.835. The summed E-state index contributed by atoms with van der Waals surface area (Å²) in [4.78, 5) is 41.6. The molecule has 2 N–H and O–H groups in total. The molecule has 1 aromatic heterocycles. The van der Waals surface area contributed by atoms with Crippen molar-refractivity contribution in [2.75, 3.05) is 13.1 Å². The Hall–Kier alpha value is -2.41. The van der Waals surface area contributed by atoms with Crippen LogP contribution in [0.3, 0.4) is 0 Å². The molecule has 1 saturated heterocycles. The fourth-order valence-electron chi connectivity index (χ4n) is 3.98. The number of aliphatic hydroxyl groups is 1. The van der Waals surface area contributed by atoms with Crippen LogP contribution < -0.4 is 11.2 Å². The topological polar surface area (TPSA) is 95.4 Å². The summed E-state index contributed by atoms with van der Waals surface area (Å²) in [5.74, 6) is -0.0640. The molecule has 0 spiro atoms. The number of H-pyrrole nitrogens is 1. The molecule has 0 radical (unpaired) electrons. The molecule has 3 rings (SSSR count). The number of aromatic nitrogens is 2. The van der Waals surface area contributed by atoms with Crippen LogP contribution in [0.25, 0.3) is 10.9 Å². The van der Waals surface area contributed by atoms with E-state index in [4.69, 9.17) is 0 Å². The smallest absolute Gasteiger partial charge is 0.328 e. The molecule has 2 unspecified atom stereocenters. The highest BCUT2D eigenvalue weighted by molar-refractivity contribution is 5.97. The van der Waals surface area contributed by atoms with E-state index in [0.717, 1.165) is 11.0 Å². The summed E-state index contributed by atoms with van der Waals surface area (Å²) in [6.45, 7) is 9.16. The minimum atomic E-state index is -0.570. The van der Waals surface area contributed by atoms with E-state index in [1.54, 1.807) is 30.0 Å². The molecule has 1 fully saturated rings. The Labute approximate surface area is 157 Å². The van der Waals surface area contributed by atoms with Crippen molar-refractivity contribution in [3.8, 4) is 0 Å². The molecule has 0 saturated carbocycles. The summed E-state index contributed by atoms with van der Waals surface area (Å²) in [7, 11) is 0. The third kappa shape index (κ3) is 3.56. The van der Waals surface area contributed by atoms with E-state index in [2.05, 4.69) is 25.8 Å². The molecule has 2 aromatic rings. The van der Waals surface area contributed by atoms with Crippen LogP contribution in [0.2, 0.25) is 0 Å². The maximum atomic E-state index is 12.9. The summed E-state index contributed by atoms with van der Waals surface area (Å²) in [6.07, 6.45) is 0.168. The molecule has 0 bridgehead atoms. The Morgan fingerprint density at radius 2 is 2.00 bits per heavy atom. The van der Waals surface area contributed by atoms with Gasteiger partial charge in [0.15, 0.2) is 0 Å². The number of β-amino-alcohol motifs (C(OH)–C–C–N with tert-alkyl or cyclic N) is 1. The van der Waals surface area contributed by atoms with Gasteiger partial charge in [-0.3, -0.25) is 14.2 Å². The van der Waals surface area contributed by atoms with Gasteiger partial charge in [0, 0.05) is 25.2 Å². The molecule has 7 nitrogen and oxygen atoms in total. The lowest BCUT2D eigenvalue weighted by molar-refractivity contribution is -0.0188. The summed E-state index contributed by atoms with van der Waals surface area (Å²) in [5, 5.41) is 10.9. The van der Waals surface area contributed by atoms with Crippen molar-refractivity contribution in [2.24, 2.45) is 11.3 Å². The van der Waals surface area contributed by atoms with E-state index < -0.39 is 11.8 Å². The van der Waals surface area contributed by atoms with Crippen molar-refractivity contribution in [3.63, 3.8) is 0 Å². The number of benzene rings is 1. The maximum Gasteiger partial charge on any atom is 0.328 e. The number of aromatic amines is 1. The number of likely N-dealkylation sites (tertiary alicyclic amines) is 1. The number of carbonyl (C=O) groups excluding carboxylic acids is 1. The van der Waals surface area contributed by atoms with Gasteiger partial charge in [-0.05, 0) is 42.9 Å². The summed E-state index contributed by atoms with van der Waals surface area (Å²) in [6, 6.07) is 4.72. The molecule has 27 heavy (non-hydrogen) atoms. The number of carbonyl (C=O) groups is 1. The molecule has 1 aromatic carbocycles. The van der Waals surface area contributed by atoms with Crippen LogP contribution in [0.15, 0.2) is 27.8 Å². The highest BCUT2D eigenvalue weighted by Gasteiger charge is 2.37. The monoisotopic (exact) mass is 373 g/mol. The molecule has 146 valence electrons. The van der Waals surface area contributed by atoms with Gasteiger partial charge in [-0.1, -0.05) is 20.8 Å². The number of hydrogen-bond donors (Lipinski definition) is 2. The van der Waals surface area contributed by atoms with Crippen LogP contribution in [-0.4, -0.2) is 44.7 Å². The van der Waals surface area contributed by atoms with Gasteiger partial charge in [0.05, 0.1) is 17.0 Å². The van der Waals surface area contributed by atoms with Crippen molar-refractivity contribution in [2.45, 2.75) is 46.8 Å². The zero-order valence-corrected chi connectivity index (χ0v) is 16.3. The van der Waals surface area contributed by atoms with Crippen LogP contribution in [0.1, 0.15) is 44.5 Å². The summed E-state index contributed by atoms with van der Waals surface area (Å²) >= 11 is 0. The van der Waals surface area contributed by atoms with E-state index in [0.29, 0.717) is 23.0 Å². The Morgan fingerprint density at radius 1 is 1.30 bits per heavy atom. The predicted molar refractivity (Wildman–Crippen MR) is 104 cm³/mol. The van der Waals surface area contributed by atoms with Crippen LogP contribution in [0.4, 0.5) is 0 Å². The normalized spacial score (nSPS) is 20.9. The van der Waals surface area contributed by atoms with Crippen LogP contribution >= 0.6 is 0 Å². The number of rotatable bonds is 2. The summed E-state index contributed by atoms with van der Waals surface area (Å²) < 4.78 is 1.12. The first-order valence-corrected chi connectivity index (χ1v) is 9.37. The Kier molecular flexibility index (Phi) is 4.99. The van der Waals surface area contributed by atoms with Gasteiger partial charge in [-0.2, -0.15) is 0 Å². The maximum absolute atomic E-state index is 12.9. The number of fused-ring (bicyclic) bond motifs is 1. The fraction of sp³-hybridized carbons (Fsp3) is 0.550. The third-order valence-corrected chi connectivity index (χ3v) is 5.53. The first-order chi connectivity index (χ1) is 12.6. The number of piperidine rings is 1. The first kappa shape index (κ1) is 19.4. The van der Waals surface area contributed by atoms with Gasteiger partial charge in [-0.15, -0.1) is 0 Å². The fourth-order valence-corrected chi connectivity index (χ4v) is 3.98. The second-order valence-corrected chi connectivity index (χ2v) is 8.32. The first-order valence-electron chi connectivity index (χ1n) is 9.37. The number of nitrogens with one attached hydrogen (secondary N) is 1. The predicted octanol–water partition coefficient (Wildman–Crippen LogP) is 1.58. The molecule has 7 heteroatoms. The van der Waals surface area contributed by atoms with Crippen LogP contribution in [0, 0.1) is 11.3 Å². The van der Waals surface area contributed by atoms with Crippen LogP contribution in [0.5, 0.6) is 0 Å². The second-order valence-electron chi connectivity index (χ2n) is 8.32. The minimum absolute atomic E-state index is 0.0177. The number of aliphatic hydroxyl groups excluding tert-OH is 1.